The van der Waals surface area contributed by atoms with Crippen molar-refractivity contribution in [3.63, 3.8) is 0 Å². The van der Waals surface area contributed by atoms with Crippen LogP contribution in [0.15, 0.2) is 23.3 Å². The maximum absolute atomic E-state index is 12.4. The summed E-state index contributed by atoms with van der Waals surface area (Å²) < 4.78 is 6.50. The molecular formula is C13H15BN2O5. The highest BCUT2D eigenvalue weighted by molar-refractivity contribution is 6.58. The molecule has 0 spiro atoms. The van der Waals surface area contributed by atoms with E-state index in [4.69, 9.17) is 4.74 Å². The van der Waals surface area contributed by atoms with Crippen molar-refractivity contribution >= 4 is 29.6 Å². The van der Waals surface area contributed by atoms with Gasteiger partial charge in [0.25, 0.3) is 0 Å². The Kier molecular flexibility index (Phi) is 4.39. The van der Waals surface area contributed by atoms with Gasteiger partial charge in [-0.1, -0.05) is 0 Å². The smallest absolute Gasteiger partial charge is 0.462 e. The maximum Gasteiger partial charge on any atom is 0.490 e. The molecule has 0 bridgehead atoms. The quantitative estimate of drug-likeness (QED) is 0.569. The average molecular weight is 290 g/mol. The number of aromatic nitrogens is 2. The molecule has 2 heterocycles. The molecule has 7 nitrogen and oxygen atoms in total. The highest BCUT2D eigenvalue weighted by Gasteiger charge is 2.19. The number of hydrogen-bond acceptors (Lipinski definition) is 6. The van der Waals surface area contributed by atoms with E-state index in [2.05, 4.69) is 4.98 Å². The summed E-state index contributed by atoms with van der Waals surface area (Å²) in [5.74, 6) is -0.707. The first-order valence-electron chi connectivity index (χ1n) is 6.55. The molecule has 0 atom stereocenters. The van der Waals surface area contributed by atoms with E-state index in [1.165, 1.54) is 18.5 Å². The zero-order chi connectivity index (χ0) is 15.6. The standard InChI is InChI=1S/C13H15BN2O5/c1-3-16-7-10(13(18)21-4-2)11(17)9-5-8(14(19)20)6-15-12(9)16/h5-7,19-20H,3-4H2,1-2H3. The molecule has 0 amide bonds. The molecule has 0 aliphatic heterocycles. The average Bonchev–Trinajstić information content (AvgIpc) is 2.47. The number of fused-ring (bicyclic) bond motifs is 1. The number of ether oxygens (including phenoxy) is 1. The Morgan fingerprint density at radius 3 is 2.71 bits per heavy atom. The zero-order valence-corrected chi connectivity index (χ0v) is 11.7. The second-order valence-corrected chi connectivity index (χ2v) is 4.39. The monoisotopic (exact) mass is 290 g/mol. The first-order valence-corrected chi connectivity index (χ1v) is 6.55. The summed E-state index contributed by atoms with van der Waals surface area (Å²) in [5.41, 5.74) is -0.177. The largest absolute Gasteiger partial charge is 0.490 e. The Balaban J connectivity index is 2.76. The lowest BCUT2D eigenvalue weighted by molar-refractivity contribution is 0.0524. The van der Waals surface area contributed by atoms with Crippen molar-refractivity contribution in [2.75, 3.05) is 6.61 Å². The van der Waals surface area contributed by atoms with Crippen molar-refractivity contribution in [2.24, 2.45) is 0 Å². The van der Waals surface area contributed by atoms with E-state index in [-0.39, 0.29) is 23.0 Å². The maximum atomic E-state index is 12.4. The minimum Gasteiger partial charge on any atom is -0.462 e. The van der Waals surface area contributed by atoms with E-state index in [1.807, 2.05) is 6.92 Å². The van der Waals surface area contributed by atoms with Gasteiger partial charge in [0.2, 0.25) is 5.43 Å². The third kappa shape index (κ3) is 2.81. The Labute approximate surface area is 121 Å². The molecule has 0 aromatic carbocycles. The van der Waals surface area contributed by atoms with Crippen LogP contribution in [0.2, 0.25) is 0 Å². The number of pyridine rings is 2. The van der Waals surface area contributed by atoms with E-state index in [0.717, 1.165) is 0 Å². The molecule has 0 aliphatic rings. The van der Waals surface area contributed by atoms with Crippen LogP contribution < -0.4 is 10.9 Å². The molecular weight excluding hydrogens is 275 g/mol. The van der Waals surface area contributed by atoms with Crippen molar-refractivity contribution in [3.8, 4) is 0 Å². The Morgan fingerprint density at radius 1 is 1.43 bits per heavy atom. The van der Waals surface area contributed by atoms with Crippen LogP contribution in [0.1, 0.15) is 24.2 Å². The normalized spacial score (nSPS) is 10.7. The van der Waals surface area contributed by atoms with Crippen LogP contribution in [0.3, 0.4) is 0 Å². The van der Waals surface area contributed by atoms with Gasteiger partial charge < -0.3 is 19.4 Å². The van der Waals surface area contributed by atoms with E-state index >= 15 is 0 Å². The number of hydrogen-bond donors (Lipinski definition) is 2. The molecule has 2 rings (SSSR count). The second kappa shape index (κ2) is 6.07. The number of carbonyl (C=O) groups is 1. The summed E-state index contributed by atoms with van der Waals surface area (Å²) in [5, 5.41) is 18.5. The third-order valence-electron chi connectivity index (χ3n) is 3.07. The van der Waals surface area contributed by atoms with Crippen LogP contribution >= 0.6 is 0 Å². The van der Waals surface area contributed by atoms with E-state index < -0.39 is 18.5 Å². The Morgan fingerprint density at radius 2 is 2.14 bits per heavy atom. The summed E-state index contributed by atoms with van der Waals surface area (Å²) in [6.45, 7) is 4.15. The molecule has 0 unspecified atom stereocenters. The highest BCUT2D eigenvalue weighted by atomic mass is 16.5. The number of nitrogens with zero attached hydrogens (tertiary/aromatic N) is 2. The molecule has 110 valence electrons. The van der Waals surface area contributed by atoms with Crippen molar-refractivity contribution in [2.45, 2.75) is 20.4 Å². The van der Waals surface area contributed by atoms with Gasteiger partial charge >= 0.3 is 13.1 Å². The van der Waals surface area contributed by atoms with Gasteiger partial charge in [0.15, 0.2) is 0 Å². The Bertz CT molecular complexity index is 741. The molecule has 21 heavy (non-hydrogen) atoms. The molecule has 0 fully saturated rings. The SMILES string of the molecule is CCOC(=O)c1cn(CC)c2ncc(B(O)O)cc2c1=O. The van der Waals surface area contributed by atoms with Gasteiger partial charge in [0.05, 0.1) is 12.0 Å². The zero-order valence-electron chi connectivity index (χ0n) is 11.7. The number of esters is 1. The van der Waals surface area contributed by atoms with Crippen molar-refractivity contribution in [1.29, 1.82) is 0 Å². The minimum atomic E-state index is -1.73. The fourth-order valence-electron chi connectivity index (χ4n) is 2.03. The van der Waals surface area contributed by atoms with E-state index in [0.29, 0.717) is 12.2 Å². The lowest BCUT2D eigenvalue weighted by Gasteiger charge is -2.11. The van der Waals surface area contributed by atoms with Crippen molar-refractivity contribution in [3.05, 3.63) is 34.2 Å². The van der Waals surface area contributed by atoms with Crippen LogP contribution in [0.4, 0.5) is 0 Å². The highest BCUT2D eigenvalue weighted by Crippen LogP contribution is 2.09. The lowest BCUT2D eigenvalue weighted by atomic mass is 9.81. The fraction of sp³-hybridized carbons (Fsp3) is 0.308. The fourth-order valence-corrected chi connectivity index (χ4v) is 2.03. The van der Waals surface area contributed by atoms with Gasteiger partial charge in [-0.15, -0.1) is 0 Å². The first-order chi connectivity index (χ1) is 9.99. The third-order valence-corrected chi connectivity index (χ3v) is 3.07. The van der Waals surface area contributed by atoms with Gasteiger partial charge in [0.1, 0.15) is 11.2 Å². The van der Waals surface area contributed by atoms with Crippen LogP contribution in [0.5, 0.6) is 0 Å². The van der Waals surface area contributed by atoms with Crippen molar-refractivity contribution in [1.82, 2.24) is 9.55 Å². The van der Waals surface area contributed by atoms with E-state index in [9.17, 15) is 19.6 Å². The van der Waals surface area contributed by atoms with Crippen LogP contribution in [-0.2, 0) is 11.3 Å². The molecule has 2 N–H and O–H groups in total. The predicted molar refractivity (Wildman–Crippen MR) is 77.5 cm³/mol. The molecule has 2 aromatic rings. The minimum absolute atomic E-state index is 0.0864. The van der Waals surface area contributed by atoms with Crippen LogP contribution in [0.25, 0.3) is 11.0 Å². The lowest BCUT2D eigenvalue weighted by Crippen LogP contribution is -2.31. The second-order valence-electron chi connectivity index (χ2n) is 4.39. The molecule has 8 heteroatoms. The van der Waals surface area contributed by atoms with Crippen molar-refractivity contribution < 1.29 is 19.6 Å². The summed E-state index contributed by atoms with van der Waals surface area (Å²) in [4.78, 5) is 28.3. The molecule has 0 saturated heterocycles. The van der Waals surface area contributed by atoms with Gasteiger partial charge in [-0.05, 0) is 19.9 Å². The van der Waals surface area contributed by atoms with Gasteiger partial charge in [-0.2, -0.15) is 0 Å². The topological polar surface area (TPSA) is 102 Å². The first kappa shape index (κ1) is 15.2. The van der Waals surface area contributed by atoms with Gasteiger partial charge in [0, 0.05) is 24.4 Å². The molecule has 0 radical (unpaired) electrons. The summed E-state index contributed by atoms with van der Waals surface area (Å²) in [7, 11) is -1.73. The van der Waals surface area contributed by atoms with Crippen LogP contribution in [-0.4, -0.2) is 39.3 Å². The molecule has 0 saturated carbocycles. The van der Waals surface area contributed by atoms with Gasteiger partial charge in [-0.25, -0.2) is 9.78 Å². The Hall–Kier alpha value is -2.19. The number of carbonyl (C=O) groups excluding carboxylic acids is 1. The predicted octanol–water partition coefficient (Wildman–Crippen LogP) is -0.727. The van der Waals surface area contributed by atoms with Crippen LogP contribution in [0, 0.1) is 0 Å². The molecule has 2 aromatic heterocycles. The summed E-state index contributed by atoms with van der Waals surface area (Å²) in [6.07, 6.45) is 2.69. The molecule has 0 aliphatic carbocycles. The summed E-state index contributed by atoms with van der Waals surface area (Å²) >= 11 is 0. The van der Waals surface area contributed by atoms with E-state index in [1.54, 1.807) is 11.5 Å². The number of rotatable bonds is 4. The van der Waals surface area contributed by atoms with Gasteiger partial charge in [-0.3, -0.25) is 4.79 Å². The summed E-state index contributed by atoms with van der Waals surface area (Å²) in [6, 6.07) is 1.32. The number of aryl methyl sites for hydroxylation is 1.